The SMILES string of the molecule is Cc1cc(F)c(N2C(=O)C(=O)N(C3CCCCC3)C2=O)cc1[S+]([O-])CC(F)(F)F. The van der Waals surface area contributed by atoms with Crippen LogP contribution >= 0.6 is 0 Å². The van der Waals surface area contributed by atoms with E-state index in [1.54, 1.807) is 0 Å². The minimum Gasteiger partial charge on any atom is -0.611 e. The molecule has 11 heteroatoms. The van der Waals surface area contributed by atoms with E-state index in [9.17, 15) is 36.5 Å². The Morgan fingerprint density at radius 2 is 1.72 bits per heavy atom. The number of carbonyl (C=O) groups is 3. The second-order valence-corrected chi connectivity index (χ2v) is 8.48. The lowest BCUT2D eigenvalue weighted by Crippen LogP contribution is -2.42. The molecule has 1 saturated carbocycles. The molecule has 0 N–H and O–H groups in total. The van der Waals surface area contributed by atoms with E-state index < -0.39 is 58.5 Å². The molecule has 158 valence electrons. The van der Waals surface area contributed by atoms with Gasteiger partial charge < -0.3 is 4.55 Å². The number of urea groups is 1. The summed E-state index contributed by atoms with van der Waals surface area (Å²) in [7, 11) is 0. The van der Waals surface area contributed by atoms with E-state index in [0.717, 1.165) is 36.3 Å². The number of aryl methyl sites for hydroxylation is 1. The van der Waals surface area contributed by atoms with Crippen molar-refractivity contribution < 1.29 is 36.5 Å². The maximum Gasteiger partial charge on any atom is 0.433 e. The van der Waals surface area contributed by atoms with Crippen LogP contribution in [0, 0.1) is 12.7 Å². The summed E-state index contributed by atoms with van der Waals surface area (Å²) in [5.74, 6) is -5.11. The molecule has 2 fully saturated rings. The average molecular weight is 434 g/mol. The van der Waals surface area contributed by atoms with Crippen LogP contribution in [0.2, 0.25) is 0 Å². The highest BCUT2D eigenvalue weighted by molar-refractivity contribution is 7.91. The number of alkyl halides is 3. The Labute approximate surface area is 167 Å². The van der Waals surface area contributed by atoms with E-state index in [1.807, 2.05) is 0 Å². The van der Waals surface area contributed by atoms with Gasteiger partial charge in [0.1, 0.15) is 5.82 Å². The molecule has 3 rings (SSSR count). The number of amides is 4. The Bertz CT molecular complexity index is 855. The van der Waals surface area contributed by atoms with Gasteiger partial charge in [0.25, 0.3) is 0 Å². The summed E-state index contributed by atoms with van der Waals surface area (Å²) >= 11 is -2.57. The number of imide groups is 2. The third-order valence-electron chi connectivity index (χ3n) is 4.97. The monoisotopic (exact) mass is 434 g/mol. The molecule has 2 aliphatic rings. The van der Waals surface area contributed by atoms with Gasteiger partial charge in [-0.3, -0.25) is 14.5 Å². The number of carbonyl (C=O) groups excluding carboxylic acids is 3. The first-order valence-electron chi connectivity index (χ1n) is 8.98. The van der Waals surface area contributed by atoms with E-state index in [4.69, 9.17) is 0 Å². The lowest BCUT2D eigenvalue weighted by molar-refractivity contribution is -0.140. The molecule has 0 spiro atoms. The van der Waals surface area contributed by atoms with Crippen molar-refractivity contribution in [1.29, 1.82) is 0 Å². The number of rotatable bonds is 4. The summed E-state index contributed by atoms with van der Waals surface area (Å²) < 4.78 is 64.4. The second kappa shape index (κ2) is 7.94. The van der Waals surface area contributed by atoms with Gasteiger partial charge in [-0.15, -0.1) is 0 Å². The van der Waals surface area contributed by atoms with Crippen molar-refractivity contribution in [2.45, 2.75) is 56.1 Å². The van der Waals surface area contributed by atoms with Crippen molar-refractivity contribution in [3.05, 3.63) is 23.5 Å². The Morgan fingerprint density at radius 1 is 1.10 bits per heavy atom. The number of anilines is 1. The summed E-state index contributed by atoms with van der Waals surface area (Å²) in [5.41, 5.74) is -0.703. The molecule has 6 nitrogen and oxygen atoms in total. The second-order valence-electron chi connectivity index (χ2n) is 7.06. The smallest absolute Gasteiger partial charge is 0.433 e. The van der Waals surface area contributed by atoms with E-state index >= 15 is 0 Å². The lowest BCUT2D eigenvalue weighted by atomic mass is 9.94. The van der Waals surface area contributed by atoms with Crippen molar-refractivity contribution in [3.63, 3.8) is 0 Å². The highest BCUT2D eigenvalue weighted by Gasteiger charge is 2.49. The lowest BCUT2D eigenvalue weighted by Gasteiger charge is -2.28. The largest absolute Gasteiger partial charge is 0.611 e. The maximum atomic E-state index is 14.5. The third kappa shape index (κ3) is 4.25. The molecule has 0 bridgehead atoms. The quantitative estimate of drug-likeness (QED) is 0.315. The van der Waals surface area contributed by atoms with Crippen molar-refractivity contribution in [2.75, 3.05) is 10.7 Å². The summed E-state index contributed by atoms with van der Waals surface area (Å²) in [6, 6.07) is 0.0555. The van der Waals surface area contributed by atoms with Crippen LogP contribution in [0.4, 0.5) is 28.0 Å². The van der Waals surface area contributed by atoms with Gasteiger partial charge in [-0.2, -0.15) is 13.2 Å². The molecule has 1 saturated heterocycles. The summed E-state index contributed by atoms with van der Waals surface area (Å²) in [4.78, 5) is 38.3. The molecule has 1 aromatic rings. The molecular weight excluding hydrogens is 416 g/mol. The summed E-state index contributed by atoms with van der Waals surface area (Å²) in [6.45, 7) is 1.27. The van der Waals surface area contributed by atoms with Crippen molar-refractivity contribution >= 4 is 34.7 Å². The van der Waals surface area contributed by atoms with Crippen LogP contribution in [-0.2, 0) is 20.8 Å². The van der Waals surface area contributed by atoms with Gasteiger partial charge in [0.15, 0.2) is 4.90 Å². The predicted molar refractivity (Wildman–Crippen MR) is 95.1 cm³/mol. The average Bonchev–Trinajstić information content (AvgIpc) is 2.84. The molecule has 1 aromatic carbocycles. The first-order valence-corrected chi connectivity index (χ1v) is 10.3. The van der Waals surface area contributed by atoms with E-state index in [1.165, 1.54) is 6.92 Å². The number of benzene rings is 1. The molecule has 1 atom stereocenters. The fraction of sp³-hybridized carbons (Fsp3) is 0.500. The van der Waals surface area contributed by atoms with E-state index in [2.05, 4.69) is 0 Å². The van der Waals surface area contributed by atoms with Crippen LogP contribution < -0.4 is 4.90 Å². The normalized spacial score (nSPS) is 20.0. The van der Waals surface area contributed by atoms with Gasteiger partial charge in [0, 0.05) is 17.7 Å². The van der Waals surface area contributed by atoms with Crippen molar-refractivity contribution in [2.24, 2.45) is 0 Å². The molecule has 0 radical (unpaired) electrons. The summed E-state index contributed by atoms with van der Waals surface area (Å²) in [6.07, 6.45) is -1.19. The fourth-order valence-electron chi connectivity index (χ4n) is 3.64. The Hall–Kier alpha value is -2.14. The van der Waals surface area contributed by atoms with Crippen molar-refractivity contribution in [1.82, 2.24) is 4.90 Å². The van der Waals surface area contributed by atoms with Crippen molar-refractivity contribution in [3.8, 4) is 0 Å². The van der Waals surface area contributed by atoms with Crippen LogP contribution in [0.3, 0.4) is 0 Å². The standard InChI is InChI=1S/C18H18F4N2O4S/c1-10-7-12(19)13(8-14(10)29(28)9-18(20,21)22)24-16(26)15(25)23(17(24)27)11-5-3-2-4-6-11/h7-8,11H,2-6,9H2,1H3. The summed E-state index contributed by atoms with van der Waals surface area (Å²) in [5, 5.41) is 0. The van der Waals surface area contributed by atoms with Gasteiger partial charge in [-0.05, 0) is 37.0 Å². The molecule has 4 amide bonds. The highest BCUT2D eigenvalue weighted by atomic mass is 32.2. The number of nitrogens with zero attached hydrogens (tertiary/aromatic N) is 2. The predicted octanol–water partition coefficient (Wildman–Crippen LogP) is 3.43. The topological polar surface area (TPSA) is 80.8 Å². The van der Waals surface area contributed by atoms with Gasteiger partial charge in [0.2, 0.25) is 5.75 Å². The maximum absolute atomic E-state index is 14.5. The van der Waals surface area contributed by atoms with Gasteiger partial charge >= 0.3 is 24.0 Å². The molecule has 1 unspecified atom stereocenters. The molecule has 1 heterocycles. The van der Waals surface area contributed by atoms with Gasteiger partial charge in [-0.25, -0.2) is 14.1 Å². The first-order chi connectivity index (χ1) is 13.5. The fourth-order valence-corrected chi connectivity index (χ4v) is 4.75. The van der Waals surface area contributed by atoms with Gasteiger partial charge in [0.05, 0.1) is 5.69 Å². The Kier molecular flexibility index (Phi) is 5.91. The minimum absolute atomic E-state index is 0.0246. The van der Waals surface area contributed by atoms with Gasteiger partial charge in [-0.1, -0.05) is 19.3 Å². The zero-order valence-corrected chi connectivity index (χ0v) is 16.2. The molecule has 29 heavy (non-hydrogen) atoms. The number of hydrogen-bond acceptors (Lipinski definition) is 4. The third-order valence-corrected chi connectivity index (χ3v) is 6.49. The first kappa shape index (κ1) is 21.6. The minimum atomic E-state index is -4.72. The number of hydrogen-bond donors (Lipinski definition) is 0. The van der Waals surface area contributed by atoms with Crippen LogP contribution in [-0.4, -0.2) is 45.3 Å². The Morgan fingerprint density at radius 3 is 2.31 bits per heavy atom. The molecule has 1 aliphatic carbocycles. The van der Waals surface area contributed by atoms with Crippen LogP contribution in [0.25, 0.3) is 0 Å². The van der Waals surface area contributed by atoms with Crippen LogP contribution in [0.1, 0.15) is 37.7 Å². The highest BCUT2D eigenvalue weighted by Crippen LogP contribution is 2.34. The van der Waals surface area contributed by atoms with Crippen LogP contribution in [0.15, 0.2) is 17.0 Å². The van der Waals surface area contributed by atoms with E-state index in [0.29, 0.717) is 17.7 Å². The zero-order valence-electron chi connectivity index (χ0n) is 15.4. The Balaban J connectivity index is 1.97. The molecule has 0 aromatic heterocycles. The number of halogens is 4. The molecule has 1 aliphatic heterocycles. The van der Waals surface area contributed by atoms with Crippen LogP contribution in [0.5, 0.6) is 0 Å². The molecular formula is C18H18F4N2O4S. The zero-order chi connectivity index (χ0) is 21.5. The van der Waals surface area contributed by atoms with E-state index in [-0.39, 0.29) is 10.5 Å².